The Hall–Kier alpha value is -3.12. The molecule has 194 valence electrons. The first-order chi connectivity index (χ1) is 15.1. The summed E-state index contributed by atoms with van der Waals surface area (Å²) >= 11 is 0. The molecule has 4 unspecified atom stereocenters. The summed E-state index contributed by atoms with van der Waals surface area (Å²) in [6.07, 6.45) is -14.6. The molecular weight excluding hydrogens is 526 g/mol. The van der Waals surface area contributed by atoms with Crippen LogP contribution in [0.4, 0.5) is 0 Å². The lowest BCUT2D eigenvalue weighted by Crippen LogP contribution is -2.56. The van der Waals surface area contributed by atoms with Gasteiger partial charge in [0.1, 0.15) is 6.10 Å². The summed E-state index contributed by atoms with van der Waals surface area (Å²) in [5, 5.41) is 62.5. The molecule has 0 aromatic rings. The van der Waals surface area contributed by atoms with Crippen LogP contribution in [0.3, 0.4) is 0 Å². The highest BCUT2D eigenvalue weighted by atomic mass is 32.3. The zero-order valence-electron chi connectivity index (χ0n) is 15.9. The van der Waals surface area contributed by atoms with E-state index in [1.807, 2.05) is 0 Å². The molecule has 0 aliphatic carbocycles. The molecule has 0 aliphatic rings. The molecule has 34 heavy (non-hydrogen) atoms. The Bertz CT molecular complexity index is 1060. The van der Waals surface area contributed by atoms with E-state index in [1.54, 1.807) is 0 Å². The number of hydrogen-bond acceptors (Lipinski definition) is 17. The van der Waals surface area contributed by atoms with Gasteiger partial charge >= 0.3 is 28.0 Å². The molecule has 0 rings (SSSR count). The molecule has 0 aromatic carbocycles. The standard InChI is InChI=1S/C12H15NO19S2/c13-2(31-9(22)5(16)3(14)7(18)19)1-12(33(25,26)27,34(28,29)30)11(24)32-10(23)6(17)4(15)8(20)21/h3-6,13-17H,1H2,(H,18,19)(H,20,21)(H,25,26,27)(H,28,29,30)/p-1. The fraction of sp³-hybridized carbons (Fsp3) is 0.500. The molecule has 0 saturated carbocycles. The van der Waals surface area contributed by atoms with Crippen LogP contribution in [-0.2, 0) is 53.7 Å². The minimum absolute atomic E-state index is 2.06. The zero-order chi connectivity index (χ0) is 27.4. The Morgan fingerprint density at radius 1 is 0.794 bits per heavy atom. The van der Waals surface area contributed by atoms with Crippen LogP contribution in [0.5, 0.6) is 0 Å². The second-order valence-electron chi connectivity index (χ2n) is 5.87. The maximum absolute atomic E-state index is 12.1. The molecule has 0 fully saturated rings. The summed E-state index contributed by atoms with van der Waals surface area (Å²) in [4.78, 5) is 56.1. The van der Waals surface area contributed by atoms with Crippen molar-refractivity contribution in [2.24, 2.45) is 0 Å². The van der Waals surface area contributed by atoms with Gasteiger partial charge in [-0.2, -0.15) is 16.8 Å². The average Bonchev–Trinajstić information content (AvgIpc) is 2.66. The van der Waals surface area contributed by atoms with E-state index in [1.165, 1.54) is 0 Å². The molecule has 0 radical (unpaired) electrons. The molecule has 22 heteroatoms. The van der Waals surface area contributed by atoms with Crippen LogP contribution in [0, 0.1) is 5.41 Å². The van der Waals surface area contributed by atoms with Gasteiger partial charge in [-0.1, -0.05) is 0 Å². The van der Waals surface area contributed by atoms with E-state index in [-0.39, 0.29) is 0 Å². The molecule has 0 amide bonds. The number of carboxylic acids is 2. The quantitative estimate of drug-likeness (QED) is 0.0396. The topological polar surface area (TPSA) is 361 Å². The third-order valence-corrected chi connectivity index (χ3v) is 7.08. The number of aliphatic hydroxyl groups excluding tert-OH is 4. The summed E-state index contributed by atoms with van der Waals surface area (Å²) in [6, 6.07) is 0. The van der Waals surface area contributed by atoms with E-state index in [9.17, 15) is 65.2 Å². The monoisotopic (exact) mass is 540 g/mol. The summed E-state index contributed by atoms with van der Waals surface area (Å²) in [5.74, 6) is -14.7. The van der Waals surface area contributed by atoms with E-state index >= 15 is 0 Å². The van der Waals surface area contributed by atoms with Crippen LogP contribution >= 0.6 is 0 Å². The summed E-state index contributed by atoms with van der Waals surface area (Å²) < 4.78 is 67.8. The Morgan fingerprint density at radius 2 is 1.18 bits per heavy atom. The van der Waals surface area contributed by atoms with Crippen molar-refractivity contribution < 1.29 is 90.0 Å². The van der Waals surface area contributed by atoms with Crippen LogP contribution in [0.25, 0.3) is 0 Å². The van der Waals surface area contributed by atoms with Crippen molar-refractivity contribution in [2.45, 2.75) is 34.9 Å². The van der Waals surface area contributed by atoms with Gasteiger partial charge in [0, 0.05) is 0 Å². The second kappa shape index (κ2) is 10.9. The minimum atomic E-state index is -6.55. The van der Waals surface area contributed by atoms with Crippen LogP contribution < -0.4 is 5.11 Å². The average molecular weight is 540 g/mol. The lowest BCUT2D eigenvalue weighted by molar-refractivity contribution is -0.318. The predicted molar refractivity (Wildman–Crippen MR) is 92.0 cm³/mol. The van der Waals surface area contributed by atoms with E-state index in [4.69, 9.17) is 20.7 Å². The fourth-order valence-corrected chi connectivity index (χ4v) is 3.97. The van der Waals surface area contributed by atoms with Gasteiger partial charge in [-0.3, -0.25) is 14.5 Å². The highest BCUT2D eigenvalue weighted by molar-refractivity contribution is 8.06. The van der Waals surface area contributed by atoms with Gasteiger partial charge in [0.15, 0.2) is 24.2 Å². The van der Waals surface area contributed by atoms with Crippen molar-refractivity contribution in [1.82, 2.24) is 0 Å². The molecule has 0 bridgehead atoms. The minimum Gasteiger partial charge on any atom is -0.547 e. The van der Waals surface area contributed by atoms with Gasteiger partial charge in [0.25, 0.3) is 20.2 Å². The van der Waals surface area contributed by atoms with Crippen molar-refractivity contribution in [3.8, 4) is 0 Å². The van der Waals surface area contributed by atoms with Crippen molar-refractivity contribution in [3.63, 3.8) is 0 Å². The Labute approximate surface area is 186 Å². The lowest BCUT2D eigenvalue weighted by atomic mass is 10.2. The van der Waals surface area contributed by atoms with Gasteiger partial charge in [-0.15, -0.1) is 0 Å². The number of ether oxygens (including phenoxy) is 2. The molecule has 0 spiro atoms. The second-order valence-corrected chi connectivity index (χ2v) is 9.42. The van der Waals surface area contributed by atoms with Crippen molar-refractivity contribution >= 4 is 56.0 Å². The molecule has 0 aromatic heterocycles. The van der Waals surface area contributed by atoms with Crippen molar-refractivity contribution in [3.05, 3.63) is 0 Å². The number of carbonyl (C=O) groups is 5. The van der Waals surface area contributed by atoms with Crippen molar-refractivity contribution in [1.29, 1.82) is 5.41 Å². The fourth-order valence-electron chi connectivity index (χ4n) is 1.78. The highest BCUT2D eigenvalue weighted by Gasteiger charge is 2.65. The number of esters is 3. The SMILES string of the molecule is N=C(CC(C(=O)OC(=O)C(O)C(O)C(=O)O)(S(=O)(=O)O)S(=O)(=O)O)OC(=O)C(O)C(O)C(=O)[O-]. The molecular formula is C12H14NO19S2-. The summed E-state index contributed by atoms with van der Waals surface area (Å²) in [7, 11) is -13.1. The molecule has 8 N–H and O–H groups in total. The van der Waals surface area contributed by atoms with Crippen LogP contribution in [0.15, 0.2) is 0 Å². The first-order valence-corrected chi connectivity index (χ1v) is 10.6. The maximum atomic E-state index is 12.1. The first kappa shape index (κ1) is 30.9. The first-order valence-electron chi connectivity index (χ1n) is 7.77. The molecule has 0 heterocycles. The van der Waals surface area contributed by atoms with E-state index in [0.717, 1.165) is 0 Å². The molecule has 4 atom stereocenters. The maximum Gasteiger partial charge on any atom is 0.356 e. The van der Waals surface area contributed by atoms with Gasteiger partial charge < -0.3 is 44.9 Å². The third-order valence-electron chi connectivity index (χ3n) is 3.53. The van der Waals surface area contributed by atoms with Gasteiger partial charge in [-0.25, -0.2) is 19.2 Å². The molecule has 20 nitrogen and oxygen atoms in total. The third kappa shape index (κ3) is 6.70. The number of carboxylic acid groups (broad SMARTS) is 2. The highest BCUT2D eigenvalue weighted by Crippen LogP contribution is 2.30. The predicted octanol–water partition coefficient (Wildman–Crippen LogP) is -7.28. The number of nitrogens with one attached hydrogen (secondary N) is 1. The van der Waals surface area contributed by atoms with E-state index < -0.39 is 90.9 Å². The van der Waals surface area contributed by atoms with E-state index in [2.05, 4.69) is 9.47 Å². The smallest absolute Gasteiger partial charge is 0.356 e. The Kier molecular flexibility index (Phi) is 9.87. The summed E-state index contributed by atoms with van der Waals surface area (Å²) in [5.41, 5.74) is 0. The number of rotatable bonds is 11. The Balaban J connectivity index is 6.23. The van der Waals surface area contributed by atoms with Gasteiger partial charge in [-0.05, 0) is 0 Å². The van der Waals surface area contributed by atoms with Crippen LogP contribution in [-0.4, -0.2) is 116 Å². The lowest BCUT2D eigenvalue weighted by Gasteiger charge is -2.25. The zero-order valence-corrected chi connectivity index (χ0v) is 17.5. The normalized spacial score (nSPS) is 15.8. The number of carbonyl (C=O) groups excluding carboxylic acids is 4. The largest absolute Gasteiger partial charge is 0.547 e. The number of hydrogen-bond donors (Lipinski definition) is 8. The molecule has 0 saturated heterocycles. The van der Waals surface area contributed by atoms with Gasteiger partial charge in [0.05, 0.1) is 12.4 Å². The Morgan fingerprint density at radius 3 is 1.53 bits per heavy atom. The number of aliphatic hydroxyl groups is 4. The van der Waals surface area contributed by atoms with Crippen LogP contribution in [0.2, 0.25) is 0 Å². The van der Waals surface area contributed by atoms with Crippen molar-refractivity contribution in [2.75, 3.05) is 0 Å². The number of aliphatic carboxylic acids is 2. The molecule has 0 aliphatic heterocycles. The summed E-state index contributed by atoms with van der Waals surface area (Å²) in [6.45, 7) is 0. The van der Waals surface area contributed by atoms with Crippen LogP contribution in [0.1, 0.15) is 6.42 Å². The van der Waals surface area contributed by atoms with E-state index in [0.29, 0.717) is 0 Å². The van der Waals surface area contributed by atoms with Gasteiger partial charge in [0.2, 0.25) is 0 Å².